The normalized spacial score (nSPS) is 11.9. The van der Waals surface area contributed by atoms with Crippen molar-refractivity contribution in [2.75, 3.05) is 16.9 Å². The fourth-order valence-electron chi connectivity index (χ4n) is 2.51. The molecule has 0 aliphatic rings. The lowest BCUT2D eigenvalue weighted by molar-refractivity contribution is 0.552. The molecule has 0 fully saturated rings. The fourth-order valence-corrected chi connectivity index (χ4v) is 3.35. The van der Waals surface area contributed by atoms with E-state index in [-0.39, 0.29) is 4.90 Å². The topological polar surface area (TPSA) is 123 Å². The molecule has 1 aromatic carbocycles. The van der Waals surface area contributed by atoms with Crippen LogP contribution in [0.3, 0.4) is 0 Å². The first kappa shape index (κ1) is 19.7. The Balaban J connectivity index is 1.80. The molecule has 3 rings (SSSR count). The van der Waals surface area contributed by atoms with Gasteiger partial charge in [-0.1, -0.05) is 18.2 Å². The first-order valence-electron chi connectivity index (χ1n) is 8.53. The molecule has 2 heterocycles. The molecular weight excluding hydrogens is 376 g/mol. The summed E-state index contributed by atoms with van der Waals surface area (Å²) in [5.74, 6) is 1.57. The van der Waals surface area contributed by atoms with Crippen molar-refractivity contribution in [3.8, 4) is 0 Å². The summed E-state index contributed by atoms with van der Waals surface area (Å²) in [6.07, 6.45) is 4.26. The summed E-state index contributed by atoms with van der Waals surface area (Å²) < 4.78 is 23.9. The number of benzene rings is 1. The molecule has 0 saturated carbocycles. The molecule has 0 aliphatic carbocycles. The summed E-state index contributed by atoms with van der Waals surface area (Å²) in [5, 5.41) is 6.12. The van der Waals surface area contributed by atoms with E-state index in [1.165, 1.54) is 12.6 Å². The molecule has 3 aromatic rings. The zero-order chi connectivity index (χ0) is 20.4. The third-order valence-electron chi connectivity index (χ3n) is 3.98. The maximum Gasteiger partial charge on any atom is 0.177 e. The monoisotopic (exact) mass is 398 g/mol. The molecule has 0 bridgehead atoms. The van der Waals surface area contributed by atoms with E-state index in [0.717, 1.165) is 5.56 Å². The van der Waals surface area contributed by atoms with Gasteiger partial charge in [-0.15, -0.1) is 0 Å². The lowest BCUT2D eigenvalue weighted by Crippen LogP contribution is -2.28. The number of nitrogens with one attached hydrogen (secondary N) is 2. The van der Waals surface area contributed by atoms with Gasteiger partial charge in [0.1, 0.15) is 23.8 Å². The second-order valence-electron chi connectivity index (χ2n) is 6.96. The van der Waals surface area contributed by atoms with E-state index in [2.05, 4.69) is 25.6 Å². The van der Waals surface area contributed by atoms with E-state index in [0.29, 0.717) is 23.1 Å². The third kappa shape index (κ3) is 4.81. The summed E-state index contributed by atoms with van der Waals surface area (Å²) >= 11 is 0. The van der Waals surface area contributed by atoms with E-state index in [1.807, 2.05) is 26.0 Å². The highest BCUT2D eigenvalue weighted by atomic mass is 32.2. The lowest BCUT2D eigenvalue weighted by atomic mass is 9.98. The predicted octanol–water partition coefficient (Wildman–Crippen LogP) is 2.96. The molecule has 28 heavy (non-hydrogen) atoms. The van der Waals surface area contributed by atoms with Crippen molar-refractivity contribution in [3.63, 3.8) is 0 Å². The third-order valence-corrected chi connectivity index (χ3v) is 5.13. The van der Waals surface area contributed by atoms with Crippen LogP contribution in [-0.4, -0.2) is 29.6 Å². The quantitative estimate of drug-likeness (QED) is 0.579. The van der Waals surface area contributed by atoms with Crippen LogP contribution in [-0.2, 0) is 15.4 Å². The molecule has 0 saturated heterocycles. The Morgan fingerprint density at radius 1 is 0.929 bits per heavy atom. The van der Waals surface area contributed by atoms with Gasteiger partial charge >= 0.3 is 0 Å². The van der Waals surface area contributed by atoms with Crippen LogP contribution in [0.1, 0.15) is 19.4 Å². The molecule has 9 heteroatoms. The van der Waals surface area contributed by atoms with Crippen LogP contribution in [0.5, 0.6) is 0 Å². The summed E-state index contributed by atoms with van der Waals surface area (Å²) in [5.41, 5.74) is 6.96. The fraction of sp³-hybridized carbons (Fsp3) is 0.211. The Bertz CT molecular complexity index is 1080. The van der Waals surface area contributed by atoms with Crippen molar-refractivity contribution in [2.24, 2.45) is 5.73 Å². The highest BCUT2D eigenvalue weighted by Crippen LogP contribution is 2.25. The smallest absolute Gasteiger partial charge is 0.177 e. The minimum absolute atomic E-state index is 0.199. The van der Waals surface area contributed by atoms with Crippen molar-refractivity contribution in [3.05, 3.63) is 60.6 Å². The van der Waals surface area contributed by atoms with Crippen molar-refractivity contribution in [2.45, 2.75) is 24.3 Å². The number of anilines is 4. The number of para-hydroxylation sites is 1. The standard InChI is InChI=1S/C19H22N6O2S/c1-19(2,20)13-8-9-16(21-11-13)25-18-10-17(22-12-23-18)24-14-6-4-5-7-15(14)28(3,26)27/h4-12H,20H2,1-3H3,(H2,21,22,23,24,25). The minimum Gasteiger partial charge on any atom is -0.339 e. The number of nitrogens with zero attached hydrogens (tertiary/aromatic N) is 3. The summed E-state index contributed by atoms with van der Waals surface area (Å²) in [4.78, 5) is 12.9. The summed E-state index contributed by atoms with van der Waals surface area (Å²) in [7, 11) is -3.37. The molecule has 0 atom stereocenters. The van der Waals surface area contributed by atoms with Crippen LogP contribution < -0.4 is 16.4 Å². The van der Waals surface area contributed by atoms with Gasteiger partial charge in [-0.25, -0.2) is 23.4 Å². The van der Waals surface area contributed by atoms with Crippen molar-refractivity contribution >= 4 is 33.0 Å². The molecule has 4 N–H and O–H groups in total. The second-order valence-corrected chi connectivity index (χ2v) is 8.94. The highest BCUT2D eigenvalue weighted by Gasteiger charge is 2.15. The molecule has 146 valence electrons. The van der Waals surface area contributed by atoms with Crippen LogP contribution in [0.2, 0.25) is 0 Å². The predicted molar refractivity (Wildman–Crippen MR) is 110 cm³/mol. The molecule has 8 nitrogen and oxygen atoms in total. The summed E-state index contributed by atoms with van der Waals surface area (Å²) in [6, 6.07) is 12.0. The van der Waals surface area contributed by atoms with Crippen LogP contribution in [0, 0.1) is 0 Å². The molecule has 0 spiro atoms. The van der Waals surface area contributed by atoms with Crippen molar-refractivity contribution in [1.82, 2.24) is 15.0 Å². The van der Waals surface area contributed by atoms with Gasteiger partial charge < -0.3 is 16.4 Å². The van der Waals surface area contributed by atoms with Gasteiger partial charge in [0.2, 0.25) is 0 Å². The van der Waals surface area contributed by atoms with Crippen molar-refractivity contribution in [1.29, 1.82) is 0 Å². The number of pyridine rings is 1. The number of nitrogens with two attached hydrogens (primary N) is 1. The number of hydrogen-bond acceptors (Lipinski definition) is 8. The maximum atomic E-state index is 11.9. The van der Waals surface area contributed by atoms with E-state index >= 15 is 0 Å². The van der Waals surface area contributed by atoms with Gasteiger partial charge in [0.15, 0.2) is 9.84 Å². The molecule has 2 aromatic heterocycles. The number of aromatic nitrogens is 3. The molecular formula is C19H22N6O2S. The maximum absolute atomic E-state index is 11.9. The Morgan fingerprint density at radius 2 is 1.61 bits per heavy atom. The Hall–Kier alpha value is -3.04. The van der Waals surface area contributed by atoms with Crippen LogP contribution in [0.25, 0.3) is 0 Å². The molecule has 0 unspecified atom stereocenters. The largest absolute Gasteiger partial charge is 0.339 e. The SMILES string of the molecule is CC(C)(N)c1ccc(Nc2cc(Nc3ccccc3S(C)(=O)=O)ncn2)nc1. The van der Waals surface area contributed by atoms with E-state index in [9.17, 15) is 8.42 Å². The van der Waals surface area contributed by atoms with E-state index in [4.69, 9.17) is 5.73 Å². The van der Waals surface area contributed by atoms with Gasteiger partial charge in [0, 0.05) is 24.1 Å². The number of sulfone groups is 1. The van der Waals surface area contributed by atoms with E-state index < -0.39 is 15.4 Å². The number of rotatable bonds is 6. The average Bonchev–Trinajstić information content (AvgIpc) is 2.61. The molecule has 0 radical (unpaired) electrons. The average molecular weight is 398 g/mol. The molecule has 0 amide bonds. The Labute approximate surface area is 164 Å². The first-order chi connectivity index (χ1) is 13.1. The first-order valence-corrected chi connectivity index (χ1v) is 10.4. The highest BCUT2D eigenvalue weighted by molar-refractivity contribution is 7.90. The van der Waals surface area contributed by atoms with Gasteiger partial charge in [-0.2, -0.15) is 0 Å². The Morgan fingerprint density at radius 3 is 2.21 bits per heavy atom. The minimum atomic E-state index is -3.37. The number of hydrogen-bond donors (Lipinski definition) is 3. The Kier molecular flexibility index (Phi) is 5.30. The zero-order valence-corrected chi connectivity index (χ0v) is 16.7. The van der Waals surface area contributed by atoms with E-state index in [1.54, 1.807) is 36.5 Å². The van der Waals surface area contributed by atoms with Crippen molar-refractivity contribution < 1.29 is 8.42 Å². The van der Waals surface area contributed by atoms with Gasteiger partial charge in [-0.05, 0) is 37.6 Å². The van der Waals surface area contributed by atoms with Crippen LogP contribution in [0.15, 0.2) is 59.9 Å². The summed E-state index contributed by atoms with van der Waals surface area (Å²) in [6.45, 7) is 3.82. The zero-order valence-electron chi connectivity index (χ0n) is 15.8. The van der Waals surface area contributed by atoms with Gasteiger partial charge in [-0.3, -0.25) is 0 Å². The lowest BCUT2D eigenvalue weighted by Gasteiger charge is -2.18. The van der Waals surface area contributed by atoms with Gasteiger partial charge in [0.25, 0.3) is 0 Å². The van der Waals surface area contributed by atoms with Crippen LogP contribution >= 0.6 is 0 Å². The molecule has 0 aliphatic heterocycles. The second kappa shape index (κ2) is 7.53. The van der Waals surface area contributed by atoms with Crippen LogP contribution in [0.4, 0.5) is 23.1 Å². The van der Waals surface area contributed by atoms with Gasteiger partial charge in [0.05, 0.1) is 10.6 Å².